The first kappa shape index (κ1) is 8.72. The maximum Gasteiger partial charge on any atom is 0.166 e. The smallest absolute Gasteiger partial charge is 0.166 e. The van der Waals surface area contributed by atoms with Gasteiger partial charge >= 0.3 is 0 Å². The zero-order valence-electron chi connectivity index (χ0n) is 8.73. The van der Waals surface area contributed by atoms with Crippen LogP contribution in [-0.4, -0.2) is 10.9 Å². The van der Waals surface area contributed by atoms with Gasteiger partial charge in [-0.3, -0.25) is 4.79 Å². The first-order chi connectivity index (χ1) is 7.29. The highest BCUT2D eigenvalue weighted by Gasteiger charge is 2.26. The number of benzene rings is 1. The molecule has 0 saturated heterocycles. The van der Waals surface area contributed by atoms with Gasteiger partial charge in [-0.15, -0.1) is 0 Å². The van der Waals surface area contributed by atoms with Crippen LogP contribution < -0.4 is 0 Å². The quantitative estimate of drug-likeness (QED) is 0.681. The number of aryl methyl sites for hydroxylation is 1. The van der Waals surface area contributed by atoms with E-state index in [9.17, 15) is 4.79 Å². The molecule has 3 rings (SSSR count). The molecule has 0 radical (unpaired) electrons. The van der Waals surface area contributed by atoms with Crippen LogP contribution in [0.3, 0.4) is 0 Å². The molecule has 1 fully saturated rings. The van der Waals surface area contributed by atoms with Gasteiger partial charge in [0, 0.05) is 16.9 Å². The Morgan fingerprint density at radius 3 is 2.80 bits per heavy atom. The average Bonchev–Trinajstić information content (AvgIpc) is 2.99. The second-order valence-electron chi connectivity index (χ2n) is 4.35. The highest BCUT2D eigenvalue weighted by Crippen LogP contribution is 2.39. The minimum Gasteiger partial charge on any atom is -0.335 e. The molecule has 2 aromatic rings. The first-order valence-electron chi connectivity index (χ1n) is 5.36. The standard InChI is InChI=1S/C13H13NO/c1-9-2-5-13-10(6-9)7-12(8-15)14(13)11-3-4-11/h2,5-8,11H,3-4H2,1H3. The summed E-state index contributed by atoms with van der Waals surface area (Å²) in [5, 5.41) is 1.18. The zero-order chi connectivity index (χ0) is 10.4. The number of fused-ring (bicyclic) bond motifs is 1. The summed E-state index contributed by atoms with van der Waals surface area (Å²) in [6, 6.07) is 8.92. The van der Waals surface area contributed by atoms with Crippen LogP contribution in [0.25, 0.3) is 10.9 Å². The van der Waals surface area contributed by atoms with Gasteiger partial charge in [0.15, 0.2) is 6.29 Å². The monoisotopic (exact) mass is 199 g/mol. The highest BCUT2D eigenvalue weighted by molar-refractivity contribution is 5.89. The van der Waals surface area contributed by atoms with Gasteiger partial charge in [-0.25, -0.2) is 0 Å². The Labute approximate surface area is 88.5 Å². The Morgan fingerprint density at radius 1 is 1.33 bits per heavy atom. The van der Waals surface area contributed by atoms with Gasteiger partial charge in [-0.1, -0.05) is 11.6 Å². The molecule has 2 nitrogen and oxygen atoms in total. The fourth-order valence-corrected chi connectivity index (χ4v) is 2.21. The highest BCUT2D eigenvalue weighted by atomic mass is 16.1. The van der Waals surface area contributed by atoms with Crippen LogP contribution in [0.2, 0.25) is 0 Å². The van der Waals surface area contributed by atoms with Crippen molar-refractivity contribution in [1.29, 1.82) is 0 Å². The van der Waals surface area contributed by atoms with Crippen LogP contribution in [0.4, 0.5) is 0 Å². The summed E-state index contributed by atoms with van der Waals surface area (Å²) >= 11 is 0. The van der Waals surface area contributed by atoms with E-state index in [0.29, 0.717) is 6.04 Å². The Bertz CT molecular complexity index is 535. The maximum absolute atomic E-state index is 11.0. The molecule has 0 aliphatic heterocycles. The number of nitrogens with zero attached hydrogens (tertiary/aromatic N) is 1. The molecule has 0 spiro atoms. The second-order valence-corrected chi connectivity index (χ2v) is 4.35. The van der Waals surface area contributed by atoms with Crippen molar-refractivity contribution < 1.29 is 4.79 Å². The molecule has 0 N–H and O–H groups in total. The Hall–Kier alpha value is -1.57. The van der Waals surface area contributed by atoms with Crippen molar-refractivity contribution in [2.75, 3.05) is 0 Å². The van der Waals surface area contributed by atoms with E-state index in [-0.39, 0.29) is 0 Å². The third kappa shape index (κ3) is 1.29. The predicted molar refractivity (Wildman–Crippen MR) is 60.3 cm³/mol. The molecule has 0 bridgehead atoms. The minimum absolute atomic E-state index is 0.561. The predicted octanol–water partition coefficient (Wildman–Crippen LogP) is 3.10. The van der Waals surface area contributed by atoms with E-state index >= 15 is 0 Å². The molecule has 15 heavy (non-hydrogen) atoms. The average molecular weight is 199 g/mol. The number of carbonyl (C=O) groups is 1. The third-order valence-electron chi connectivity index (χ3n) is 3.06. The molecular formula is C13H13NO. The molecule has 0 unspecified atom stereocenters. The van der Waals surface area contributed by atoms with Crippen molar-refractivity contribution in [1.82, 2.24) is 4.57 Å². The van der Waals surface area contributed by atoms with Gasteiger partial charge in [0.05, 0.1) is 5.69 Å². The van der Waals surface area contributed by atoms with Crippen LogP contribution in [0.1, 0.15) is 34.9 Å². The Morgan fingerprint density at radius 2 is 2.13 bits per heavy atom. The number of aldehydes is 1. The number of rotatable bonds is 2. The van der Waals surface area contributed by atoms with Crippen LogP contribution >= 0.6 is 0 Å². The third-order valence-corrected chi connectivity index (χ3v) is 3.06. The van der Waals surface area contributed by atoms with Crippen molar-refractivity contribution in [3.8, 4) is 0 Å². The van der Waals surface area contributed by atoms with Gasteiger partial charge in [-0.05, 0) is 38.0 Å². The van der Waals surface area contributed by atoms with Crippen molar-refractivity contribution in [3.05, 3.63) is 35.5 Å². The lowest BCUT2D eigenvalue weighted by Crippen LogP contribution is -1.98. The van der Waals surface area contributed by atoms with Crippen LogP contribution in [-0.2, 0) is 0 Å². The van der Waals surface area contributed by atoms with E-state index in [1.54, 1.807) is 0 Å². The van der Waals surface area contributed by atoms with Crippen molar-refractivity contribution in [3.63, 3.8) is 0 Å². The summed E-state index contributed by atoms with van der Waals surface area (Å²) in [7, 11) is 0. The Balaban J connectivity index is 2.33. The molecule has 1 heterocycles. The lowest BCUT2D eigenvalue weighted by Gasteiger charge is -2.04. The normalized spacial score (nSPS) is 15.8. The zero-order valence-corrected chi connectivity index (χ0v) is 8.73. The molecule has 1 aliphatic carbocycles. The molecular weight excluding hydrogens is 186 g/mol. The van der Waals surface area contributed by atoms with Crippen molar-refractivity contribution >= 4 is 17.2 Å². The topological polar surface area (TPSA) is 22.0 Å². The maximum atomic E-state index is 11.0. The van der Waals surface area contributed by atoms with Crippen LogP contribution in [0.5, 0.6) is 0 Å². The van der Waals surface area contributed by atoms with Gasteiger partial charge in [0.25, 0.3) is 0 Å². The first-order valence-corrected chi connectivity index (χ1v) is 5.36. The number of carbonyl (C=O) groups excluding carboxylic acids is 1. The summed E-state index contributed by atoms with van der Waals surface area (Å²) in [6.07, 6.45) is 3.38. The second kappa shape index (κ2) is 2.96. The summed E-state index contributed by atoms with van der Waals surface area (Å²) in [5.41, 5.74) is 3.26. The molecule has 0 amide bonds. The Kier molecular flexibility index (Phi) is 1.72. The van der Waals surface area contributed by atoms with Crippen LogP contribution in [0.15, 0.2) is 24.3 Å². The number of hydrogen-bond donors (Lipinski definition) is 0. The number of aromatic nitrogens is 1. The summed E-state index contributed by atoms with van der Waals surface area (Å²) in [6.45, 7) is 2.08. The van der Waals surface area contributed by atoms with E-state index < -0.39 is 0 Å². The van der Waals surface area contributed by atoms with E-state index in [1.807, 2.05) is 6.07 Å². The van der Waals surface area contributed by atoms with Crippen LogP contribution in [0, 0.1) is 6.92 Å². The van der Waals surface area contributed by atoms with E-state index in [4.69, 9.17) is 0 Å². The fourth-order valence-electron chi connectivity index (χ4n) is 2.21. The number of hydrogen-bond acceptors (Lipinski definition) is 1. The molecule has 76 valence electrons. The van der Waals surface area contributed by atoms with E-state index in [0.717, 1.165) is 12.0 Å². The largest absolute Gasteiger partial charge is 0.335 e. The fraction of sp³-hybridized carbons (Fsp3) is 0.308. The van der Waals surface area contributed by atoms with Gasteiger partial charge < -0.3 is 4.57 Å². The summed E-state index contributed by atoms with van der Waals surface area (Å²) < 4.78 is 2.18. The lowest BCUT2D eigenvalue weighted by molar-refractivity contribution is 0.111. The summed E-state index contributed by atoms with van der Waals surface area (Å²) in [5.74, 6) is 0. The van der Waals surface area contributed by atoms with Gasteiger partial charge in [0.2, 0.25) is 0 Å². The lowest BCUT2D eigenvalue weighted by atomic mass is 10.2. The minimum atomic E-state index is 0.561. The summed E-state index contributed by atoms with van der Waals surface area (Å²) in [4.78, 5) is 11.0. The van der Waals surface area contributed by atoms with Gasteiger partial charge in [0.1, 0.15) is 0 Å². The van der Waals surface area contributed by atoms with Gasteiger partial charge in [-0.2, -0.15) is 0 Å². The molecule has 0 atom stereocenters. The molecule has 1 saturated carbocycles. The molecule has 1 aromatic heterocycles. The van der Waals surface area contributed by atoms with Crippen molar-refractivity contribution in [2.24, 2.45) is 0 Å². The molecule has 2 heteroatoms. The molecule has 1 aromatic carbocycles. The molecule has 1 aliphatic rings. The van der Waals surface area contributed by atoms with Crippen molar-refractivity contribution in [2.45, 2.75) is 25.8 Å². The van der Waals surface area contributed by atoms with E-state index in [1.165, 1.54) is 29.3 Å². The SMILES string of the molecule is Cc1ccc2c(c1)cc(C=O)n2C1CC1. The van der Waals surface area contributed by atoms with E-state index in [2.05, 4.69) is 29.7 Å².